The third-order valence-corrected chi connectivity index (χ3v) is 1.51. The van der Waals surface area contributed by atoms with Gasteiger partial charge in [-0.2, -0.15) is 0 Å². The first kappa shape index (κ1) is 6.55. The Morgan fingerprint density at radius 2 is 2.56 bits per heavy atom. The maximum absolute atomic E-state index is 10.6. The zero-order valence-corrected chi connectivity index (χ0v) is 5.33. The number of esters is 1. The van der Waals surface area contributed by atoms with Crippen LogP contribution in [0.3, 0.4) is 0 Å². The average Bonchev–Trinajstić information content (AvgIpc) is 2.13. The van der Waals surface area contributed by atoms with Crippen molar-refractivity contribution in [2.75, 3.05) is 6.61 Å². The molecule has 9 heavy (non-hydrogen) atoms. The highest BCUT2D eigenvalue weighted by molar-refractivity contribution is 5.74. The quantitative estimate of drug-likeness (QED) is 0.505. The van der Waals surface area contributed by atoms with Gasteiger partial charge in [-0.25, -0.2) is 0 Å². The van der Waals surface area contributed by atoms with Gasteiger partial charge in [-0.1, -0.05) is 6.92 Å². The molecule has 1 aliphatic heterocycles. The highest BCUT2D eigenvalue weighted by Crippen LogP contribution is 2.19. The molecule has 0 bridgehead atoms. The van der Waals surface area contributed by atoms with Crippen molar-refractivity contribution < 1.29 is 14.6 Å². The Bertz CT molecular complexity index is 121. The largest absolute Gasteiger partial charge is 0.460 e. The second kappa shape index (κ2) is 2.35. The lowest BCUT2D eigenvalue weighted by Crippen LogP contribution is -2.10. The number of ether oxygens (including phenoxy) is 1. The zero-order chi connectivity index (χ0) is 6.85. The SMILES string of the molecule is C[C@@H]1C[C@H](CO)OC1=O. The molecule has 52 valence electrons. The fourth-order valence-electron chi connectivity index (χ4n) is 0.931. The summed E-state index contributed by atoms with van der Waals surface area (Å²) in [6, 6.07) is 0. The Labute approximate surface area is 53.6 Å². The van der Waals surface area contributed by atoms with E-state index in [1.807, 2.05) is 0 Å². The molecular formula is C6H10O3. The third kappa shape index (κ3) is 1.21. The van der Waals surface area contributed by atoms with E-state index in [2.05, 4.69) is 0 Å². The van der Waals surface area contributed by atoms with Gasteiger partial charge in [0.15, 0.2) is 0 Å². The van der Waals surface area contributed by atoms with Gasteiger partial charge in [0.1, 0.15) is 6.10 Å². The summed E-state index contributed by atoms with van der Waals surface area (Å²) in [6.07, 6.45) is 0.419. The lowest BCUT2D eigenvalue weighted by molar-refractivity contribution is -0.145. The first-order valence-corrected chi connectivity index (χ1v) is 3.05. The summed E-state index contributed by atoms with van der Waals surface area (Å²) in [5.74, 6) is -0.212. The van der Waals surface area contributed by atoms with E-state index in [0.29, 0.717) is 6.42 Å². The van der Waals surface area contributed by atoms with Crippen molar-refractivity contribution >= 4 is 5.97 Å². The van der Waals surface area contributed by atoms with Crippen LogP contribution in [0.4, 0.5) is 0 Å². The molecule has 3 nitrogen and oxygen atoms in total. The summed E-state index contributed by atoms with van der Waals surface area (Å²) in [5, 5.41) is 8.52. The summed E-state index contributed by atoms with van der Waals surface area (Å²) in [5.41, 5.74) is 0. The highest BCUT2D eigenvalue weighted by atomic mass is 16.6. The Kier molecular flexibility index (Phi) is 1.71. The number of hydrogen-bond acceptors (Lipinski definition) is 3. The van der Waals surface area contributed by atoms with Gasteiger partial charge in [0.05, 0.1) is 12.5 Å². The molecule has 0 spiro atoms. The predicted molar refractivity (Wildman–Crippen MR) is 30.7 cm³/mol. The molecule has 1 rings (SSSR count). The molecule has 0 aliphatic carbocycles. The Morgan fingerprint density at radius 3 is 2.78 bits per heavy atom. The summed E-state index contributed by atoms with van der Waals surface area (Å²) in [4.78, 5) is 10.6. The molecule has 2 atom stereocenters. The molecule has 1 fully saturated rings. The van der Waals surface area contributed by atoms with Gasteiger partial charge in [-0.3, -0.25) is 4.79 Å². The molecule has 3 heteroatoms. The van der Waals surface area contributed by atoms with Crippen LogP contribution in [-0.2, 0) is 9.53 Å². The molecule has 0 unspecified atom stereocenters. The van der Waals surface area contributed by atoms with Crippen LogP contribution in [0.25, 0.3) is 0 Å². The van der Waals surface area contributed by atoms with Gasteiger partial charge < -0.3 is 9.84 Å². The Hall–Kier alpha value is -0.570. The number of aliphatic hydroxyl groups is 1. The van der Waals surface area contributed by atoms with Crippen molar-refractivity contribution in [3.63, 3.8) is 0 Å². The summed E-state index contributed by atoms with van der Waals surface area (Å²) in [7, 11) is 0. The fraction of sp³-hybridized carbons (Fsp3) is 0.833. The topological polar surface area (TPSA) is 46.5 Å². The first-order valence-electron chi connectivity index (χ1n) is 3.05. The molecule has 1 N–H and O–H groups in total. The minimum Gasteiger partial charge on any atom is -0.460 e. The van der Waals surface area contributed by atoms with Crippen LogP contribution >= 0.6 is 0 Å². The molecule has 0 amide bonds. The molecule has 0 radical (unpaired) electrons. The van der Waals surface area contributed by atoms with E-state index in [-0.39, 0.29) is 24.6 Å². The van der Waals surface area contributed by atoms with Gasteiger partial charge in [0.25, 0.3) is 0 Å². The van der Waals surface area contributed by atoms with E-state index in [1.165, 1.54) is 0 Å². The van der Waals surface area contributed by atoms with Crippen molar-refractivity contribution in [3.8, 4) is 0 Å². The highest BCUT2D eigenvalue weighted by Gasteiger charge is 2.29. The Morgan fingerprint density at radius 1 is 1.89 bits per heavy atom. The second-order valence-corrected chi connectivity index (χ2v) is 2.38. The fourth-order valence-corrected chi connectivity index (χ4v) is 0.931. The molecule has 0 aromatic heterocycles. The van der Waals surface area contributed by atoms with Crippen molar-refractivity contribution in [3.05, 3.63) is 0 Å². The van der Waals surface area contributed by atoms with Crippen molar-refractivity contribution in [1.29, 1.82) is 0 Å². The average molecular weight is 130 g/mol. The van der Waals surface area contributed by atoms with Gasteiger partial charge in [-0.05, 0) is 6.42 Å². The van der Waals surface area contributed by atoms with Crippen LogP contribution in [-0.4, -0.2) is 23.8 Å². The van der Waals surface area contributed by atoms with Crippen LogP contribution < -0.4 is 0 Å². The minimum absolute atomic E-state index is 0.0258. The lowest BCUT2D eigenvalue weighted by atomic mass is 10.1. The number of carbonyl (C=O) groups is 1. The van der Waals surface area contributed by atoms with Crippen molar-refractivity contribution in [1.82, 2.24) is 0 Å². The summed E-state index contributed by atoms with van der Waals surface area (Å²) >= 11 is 0. The van der Waals surface area contributed by atoms with E-state index in [9.17, 15) is 4.79 Å². The molecule has 0 aromatic rings. The number of cyclic esters (lactones) is 1. The standard InChI is InChI=1S/C6H10O3/c1-4-2-5(3-7)9-6(4)8/h4-5,7H,2-3H2,1H3/t4-,5-/m1/s1. The smallest absolute Gasteiger partial charge is 0.309 e. The van der Waals surface area contributed by atoms with Crippen LogP contribution in [0.5, 0.6) is 0 Å². The van der Waals surface area contributed by atoms with Crippen LogP contribution in [0.1, 0.15) is 13.3 Å². The molecule has 0 aromatic carbocycles. The normalized spacial score (nSPS) is 34.7. The predicted octanol–water partition coefficient (Wildman–Crippen LogP) is -0.0697. The molecular weight excluding hydrogens is 120 g/mol. The van der Waals surface area contributed by atoms with Crippen LogP contribution in [0.2, 0.25) is 0 Å². The van der Waals surface area contributed by atoms with E-state index < -0.39 is 0 Å². The molecule has 1 saturated heterocycles. The van der Waals surface area contributed by atoms with Crippen LogP contribution in [0, 0.1) is 5.92 Å². The van der Waals surface area contributed by atoms with E-state index >= 15 is 0 Å². The van der Waals surface area contributed by atoms with Crippen molar-refractivity contribution in [2.24, 2.45) is 5.92 Å². The maximum Gasteiger partial charge on any atom is 0.309 e. The van der Waals surface area contributed by atoms with E-state index in [1.54, 1.807) is 6.92 Å². The number of hydrogen-bond donors (Lipinski definition) is 1. The summed E-state index contributed by atoms with van der Waals surface area (Å²) < 4.78 is 4.73. The number of aliphatic hydroxyl groups excluding tert-OH is 1. The monoisotopic (exact) mass is 130 g/mol. The number of rotatable bonds is 1. The molecule has 1 heterocycles. The van der Waals surface area contributed by atoms with Gasteiger partial charge in [-0.15, -0.1) is 0 Å². The molecule has 0 saturated carbocycles. The van der Waals surface area contributed by atoms with Gasteiger partial charge in [0.2, 0.25) is 0 Å². The van der Waals surface area contributed by atoms with Crippen molar-refractivity contribution in [2.45, 2.75) is 19.4 Å². The van der Waals surface area contributed by atoms with Gasteiger partial charge >= 0.3 is 5.97 Å². The van der Waals surface area contributed by atoms with E-state index in [4.69, 9.17) is 9.84 Å². The second-order valence-electron chi connectivity index (χ2n) is 2.38. The summed E-state index contributed by atoms with van der Waals surface area (Å²) in [6.45, 7) is 1.76. The third-order valence-electron chi connectivity index (χ3n) is 1.51. The zero-order valence-electron chi connectivity index (χ0n) is 5.33. The van der Waals surface area contributed by atoms with Crippen LogP contribution in [0.15, 0.2) is 0 Å². The van der Waals surface area contributed by atoms with E-state index in [0.717, 1.165) is 0 Å². The lowest BCUT2D eigenvalue weighted by Gasteiger charge is -2.01. The Balaban J connectivity index is 2.44. The first-order chi connectivity index (χ1) is 4.24. The maximum atomic E-state index is 10.6. The molecule has 1 aliphatic rings. The number of carbonyl (C=O) groups excluding carboxylic acids is 1. The minimum atomic E-state index is -0.243. The van der Waals surface area contributed by atoms with Gasteiger partial charge in [0, 0.05) is 0 Å².